The average Bonchev–Trinajstić information content (AvgIpc) is 2.12. The summed E-state index contributed by atoms with van der Waals surface area (Å²) >= 11 is 0. The van der Waals surface area contributed by atoms with Crippen LogP contribution in [-0.4, -0.2) is 56.4 Å². The van der Waals surface area contributed by atoms with Crippen LogP contribution in [0.1, 0.15) is 0 Å². The van der Waals surface area contributed by atoms with Crippen molar-refractivity contribution in [3.63, 3.8) is 0 Å². The molecule has 0 aliphatic rings. The van der Waals surface area contributed by atoms with Crippen LogP contribution in [0.2, 0.25) is 0 Å². The monoisotopic (exact) mass is 200 g/mol. The third kappa shape index (κ3) is 5.25. The maximum absolute atomic E-state index is 11.2. The van der Waals surface area contributed by atoms with Gasteiger partial charge in [-0.05, 0) is 0 Å². The molecule has 0 aliphatic heterocycles. The van der Waals surface area contributed by atoms with Gasteiger partial charge < -0.3 is 0 Å². The summed E-state index contributed by atoms with van der Waals surface area (Å²) < 4.78 is 0. The summed E-state index contributed by atoms with van der Waals surface area (Å²) in [6.45, 7) is 0.601. The molecule has 0 aromatic rings. The summed E-state index contributed by atoms with van der Waals surface area (Å²) in [6.07, 6.45) is -1.28. The molecule has 0 aliphatic carbocycles. The molecule has 14 heavy (non-hydrogen) atoms. The molecular formula is C6H13BN4O3. The Morgan fingerprint density at radius 1 is 1.57 bits per heavy atom. The summed E-state index contributed by atoms with van der Waals surface area (Å²) in [4.78, 5) is 24.9. The molecule has 0 unspecified atom stereocenters. The van der Waals surface area contributed by atoms with Gasteiger partial charge in [0.2, 0.25) is 0 Å². The van der Waals surface area contributed by atoms with E-state index in [-0.39, 0.29) is 13.1 Å². The van der Waals surface area contributed by atoms with Gasteiger partial charge in [0.25, 0.3) is 0 Å². The van der Waals surface area contributed by atoms with Crippen molar-refractivity contribution in [2.75, 3.05) is 26.7 Å². The third-order valence-corrected chi connectivity index (χ3v) is 1.36. The normalized spacial score (nSPS) is 9.14. The van der Waals surface area contributed by atoms with Gasteiger partial charge in [0.1, 0.15) is 0 Å². The second-order valence-corrected chi connectivity index (χ2v) is 2.45. The first kappa shape index (κ1) is 12.6. The molecule has 0 atom stereocenters. The van der Waals surface area contributed by atoms with Crippen molar-refractivity contribution >= 4 is 19.6 Å². The van der Waals surface area contributed by atoms with E-state index in [2.05, 4.69) is 17.9 Å². The van der Waals surface area contributed by atoms with Crippen molar-refractivity contribution in [2.24, 2.45) is 4.90 Å². The number of rotatable bonds is 5. The summed E-state index contributed by atoms with van der Waals surface area (Å²) in [6, 6.07) is 0. The molecule has 7 nitrogen and oxygen atoms in total. The van der Waals surface area contributed by atoms with Crippen LogP contribution in [0.3, 0.4) is 0 Å². The molecule has 0 bridgehead atoms. The van der Waals surface area contributed by atoms with Crippen LogP contribution in [-0.2, 0) is 4.79 Å². The minimum atomic E-state index is -1.28. The van der Waals surface area contributed by atoms with Crippen LogP contribution < -0.4 is 10.7 Å². The molecule has 0 heterocycles. The molecule has 8 heteroatoms. The summed E-state index contributed by atoms with van der Waals surface area (Å²) in [5.74, 6) is -0.433. The number of hydrogen-bond donors (Lipinski definition) is 3. The number of carboxylic acid groups (broad SMARTS) is 1. The zero-order valence-electron chi connectivity index (χ0n) is 7.99. The van der Waals surface area contributed by atoms with E-state index < -0.39 is 12.0 Å². The Morgan fingerprint density at radius 3 is 2.64 bits per heavy atom. The fourth-order valence-electron chi connectivity index (χ4n) is 0.763. The van der Waals surface area contributed by atoms with Gasteiger partial charge in [0, 0.05) is 0 Å². The summed E-state index contributed by atoms with van der Waals surface area (Å²) in [7, 11) is 4.86. The van der Waals surface area contributed by atoms with E-state index >= 15 is 0 Å². The first-order valence-corrected chi connectivity index (χ1v) is 3.98. The fraction of sp³-hybridized carbons (Fsp3) is 0.667. The first-order chi connectivity index (χ1) is 6.61. The van der Waals surface area contributed by atoms with Gasteiger partial charge >= 0.3 is 81.7 Å². The number of nitrogens with one attached hydrogen (secondary N) is 2. The Balaban J connectivity index is 4.14. The zero-order valence-corrected chi connectivity index (χ0v) is 7.99. The first-order valence-electron chi connectivity index (χ1n) is 3.98. The quantitative estimate of drug-likeness (QED) is 0.364. The van der Waals surface area contributed by atoms with Gasteiger partial charge in [-0.25, -0.2) is 0 Å². The number of carbonyl (C=O) groups excluding carboxylic acids is 1. The van der Waals surface area contributed by atoms with Gasteiger partial charge in [-0.3, -0.25) is 0 Å². The van der Waals surface area contributed by atoms with Crippen LogP contribution in [0, 0.1) is 0 Å². The molecule has 2 amide bonds. The number of likely N-dealkylation sites (N-methyl/N-ethyl adjacent to an activating group) is 1. The van der Waals surface area contributed by atoms with Gasteiger partial charge in [0.15, 0.2) is 0 Å². The summed E-state index contributed by atoms with van der Waals surface area (Å²) in [5, 5.41) is 12.2. The van der Waals surface area contributed by atoms with E-state index in [1.165, 1.54) is 0 Å². The van der Waals surface area contributed by atoms with Crippen LogP contribution in [0.4, 0.5) is 4.79 Å². The van der Waals surface area contributed by atoms with Crippen molar-refractivity contribution in [3.8, 4) is 0 Å². The molecule has 0 aromatic heterocycles. The second-order valence-electron chi connectivity index (χ2n) is 2.45. The van der Waals surface area contributed by atoms with Crippen LogP contribution >= 0.6 is 0 Å². The summed E-state index contributed by atoms with van der Waals surface area (Å²) in [5.41, 5.74) is 1.97. The Morgan fingerprint density at radius 2 is 2.21 bits per heavy atom. The molecule has 0 fully saturated rings. The van der Waals surface area contributed by atoms with Crippen molar-refractivity contribution < 1.29 is 14.7 Å². The predicted octanol–water partition coefficient (Wildman–Crippen LogP) is -1.70. The van der Waals surface area contributed by atoms with Gasteiger partial charge in [0.05, 0.1) is 0 Å². The van der Waals surface area contributed by atoms with E-state index in [0.29, 0.717) is 6.54 Å². The van der Waals surface area contributed by atoms with E-state index in [1.54, 1.807) is 7.05 Å². The second kappa shape index (κ2) is 7.02. The number of hydrogen-bond acceptors (Lipinski definition) is 4. The zero-order chi connectivity index (χ0) is 11.0. The topological polar surface area (TPSA) is 94.0 Å². The molecule has 0 saturated carbocycles. The van der Waals surface area contributed by atoms with Gasteiger partial charge in [-0.15, -0.1) is 0 Å². The molecule has 0 aromatic carbocycles. The van der Waals surface area contributed by atoms with Crippen LogP contribution in [0.5, 0.6) is 0 Å². The molecule has 0 rings (SSSR count). The van der Waals surface area contributed by atoms with E-state index in [1.807, 2.05) is 5.43 Å². The minimum absolute atomic E-state index is 0.135. The molecule has 0 spiro atoms. The van der Waals surface area contributed by atoms with Crippen molar-refractivity contribution in [1.29, 1.82) is 0 Å². The Bertz CT molecular complexity index is 223. The maximum atomic E-state index is 11.2. The fourth-order valence-corrected chi connectivity index (χ4v) is 0.763. The molecule has 0 saturated heterocycles. The molecular weight excluding hydrogens is 187 g/mol. The van der Waals surface area contributed by atoms with E-state index in [0.717, 1.165) is 5.01 Å². The Kier molecular flexibility index (Phi) is 6.30. The van der Waals surface area contributed by atoms with Crippen LogP contribution in [0.25, 0.3) is 0 Å². The van der Waals surface area contributed by atoms with Crippen molar-refractivity contribution in [3.05, 3.63) is 0 Å². The van der Waals surface area contributed by atoms with Crippen LogP contribution in [0.15, 0.2) is 4.90 Å². The van der Waals surface area contributed by atoms with Crippen molar-refractivity contribution in [1.82, 2.24) is 15.8 Å². The van der Waals surface area contributed by atoms with E-state index in [4.69, 9.17) is 5.11 Å². The van der Waals surface area contributed by atoms with Gasteiger partial charge in [-0.2, -0.15) is 0 Å². The third-order valence-electron chi connectivity index (χ3n) is 1.36. The average molecular weight is 200 g/mol. The molecule has 0 radical (unpaired) electrons. The predicted molar refractivity (Wildman–Crippen MR) is 51.2 cm³/mol. The number of hydrazine groups is 1. The standard InChI is InChI=1S/C6H13BN4O3/c1-8-2-3-11(10-6(13)14)5(12)4-9-7/h7-8,10H,2-4H2,1H3,(H,13,14). The Labute approximate surface area is 82.6 Å². The number of carbonyl (C=O) groups is 2. The molecule has 3 N–H and O–H groups in total. The van der Waals surface area contributed by atoms with Crippen molar-refractivity contribution in [2.45, 2.75) is 0 Å². The van der Waals surface area contributed by atoms with E-state index in [9.17, 15) is 9.59 Å². The number of nitrogens with zero attached hydrogens (tertiary/aromatic N) is 2. The number of amides is 2. The SMILES string of the molecule is B=NCC(=O)N(CCNC)NC(=O)O. The Hall–Kier alpha value is -1.44. The molecule has 78 valence electrons. The van der Waals surface area contributed by atoms with Gasteiger partial charge in [-0.1, -0.05) is 0 Å².